The summed E-state index contributed by atoms with van der Waals surface area (Å²) >= 11 is 0. The van der Waals surface area contributed by atoms with Crippen LogP contribution >= 0.6 is 0 Å². The third-order valence-electron chi connectivity index (χ3n) is 5.08. The topological polar surface area (TPSA) is 139 Å². The summed E-state index contributed by atoms with van der Waals surface area (Å²) in [6, 6.07) is 5.39. The molecule has 1 aromatic rings. The molecular formula is C18H20N2O7. The van der Waals surface area contributed by atoms with Crippen LogP contribution in [0.5, 0.6) is 0 Å². The van der Waals surface area contributed by atoms with Gasteiger partial charge in [-0.05, 0) is 29.5 Å². The van der Waals surface area contributed by atoms with Crippen molar-refractivity contribution in [3.8, 4) is 0 Å². The predicted octanol–water partition coefficient (Wildman–Crippen LogP) is 1.17. The van der Waals surface area contributed by atoms with Crippen LogP contribution in [0.3, 0.4) is 0 Å². The van der Waals surface area contributed by atoms with E-state index in [4.69, 9.17) is 5.11 Å². The van der Waals surface area contributed by atoms with Gasteiger partial charge in [0.2, 0.25) is 0 Å². The standard InChI is InChI=1S/C18H20N2O7/c21-6-5-10-1-3-11(4-2-10)13-7-12-8-19(17(24)25)9-14(15(13)16(22)23)20(12)18(26)27/h1-4,12,14,21H,5-9H2,(H,22,23)(H,24,25)(H,26,27)/t12-,14-/m1/s1. The van der Waals surface area contributed by atoms with Gasteiger partial charge in [-0.15, -0.1) is 0 Å². The Balaban J connectivity index is 2.07. The summed E-state index contributed by atoms with van der Waals surface area (Å²) in [6.45, 7) is -0.214. The highest BCUT2D eigenvalue weighted by Gasteiger charge is 2.47. The molecule has 9 heteroatoms. The molecule has 2 bridgehead atoms. The second-order valence-electron chi connectivity index (χ2n) is 6.62. The zero-order valence-electron chi connectivity index (χ0n) is 14.4. The Hall–Kier alpha value is -3.07. The number of fused-ring (bicyclic) bond motifs is 2. The maximum absolute atomic E-state index is 12.0. The van der Waals surface area contributed by atoms with Gasteiger partial charge in [0, 0.05) is 19.7 Å². The first kappa shape index (κ1) is 18.7. The van der Waals surface area contributed by atoms with Crippen LogP contribution in [-0.4, -0.2) is 80.2 Å². The molecule has 0 radical (unpaired) electrons. The van der Waals surface area contributed by atoms with E-state index in [-0.39, 0.29) is 31.7 Å². The van der Waals surface area contributed by atoms with E-state index in [0.29, 0.717) is 17.6 Å². The molecule has 4 N–H and O–H groups in total. The first-order chi connectivity index (χ1) is 12.8. The summed E-state index contributed by atoms with van der Waals surface area (Å²) in [6.07, 6.45) is -1.85. The minimum absolute atomic E-state index is 0.00285. The molecule has 0 unspecified atom stereocenters. The van der Waals surface area contributed by atoms with Crippen molar-refractivity contribution in [1.29, 1.82) is 0 Å². The normalized spacial score (nSPS) is 22.0. The number of amides is 2. The Kier molecular flexibility index (Phi) is 5.04. The van der Waals surface area contributed by atoms with Crippen molar-refractivity contribution < 1.29 is 34.8 Å². The van der Waals surface area contributed by atoms with Crippen LogP contribution in [0.15, 0.2) is 29.8 Å². The van der Waals surface area contributed by atoms with Crippen molar-refractivity contribution in [2.24, 2.45) is 0 Å². The van der Waals surface area contributed by atoms with E-state index in [1.165, 1.54) is 0 Å². The van der Waals surface area contributed by atoms with Crippen LogP contribution in [0.2, 0.25) is 0 Å². The lowest BCUT2D eigenvalue weighted by atomic mass is 9.82. The molecule has 2 amide bonds. The maximum atomic E-state index is 12.0. The van der Waals surface area contributed by atoms with Gasteiger partial charge in [0.1, 0.15) is 0 Å². The highest BCUT2D eigenvalue weighted by molar-refractivity contribution is 5.99. The van der Waals surface area contributed by atoms with Crippen LogP contribution in [-0.2, 0) is 11.2 Å². The quantitative estimate of drug-likeness (QED) is 0.619. The average molecular weight is 376 g/mol. The van der Waals surface area contributed by atoms with E-state index in [1.807, 2.05) is 0 Å². The molecule has 144 valence electrons. The second kappa shape index (κ2) is 7.28. The Morgan fingerprint density at radius 1 is 1.00 bits per heavy atom. The summed E-state index contributed by atoms with van der Waals surface area (Å²) < 4.78 is 0. The number of carboxylic acids is 1. The van der Waals surface area contributed by atoms with Gasteiger partial charge in [0.25, 0.3) is 0 Å². The van der Waals surface area contributed by atoms with E-state index in [2.05, 4.69) is 0 Å². The molecule has 0 aliphatic carbocycles. The molecular weight excluding hydrogens is 356 g/mol. The number of rotatable bonds is 4. The average Bonchev–Trinajstić information content (AvgIpc) is 2.60. The number of aliphatic hydroxyl groups excluding tert-OH is 1. The van der Waals surface area contributed by atoms with Crippen LogP contribution in [0.25, 0.3) is 5.57 Å². The molecule has 0 saturated carbocycles. The molecule has 2 aliphatic rings. The first-order valence-electron chi connectivity index (χ1n) is 8.49. The van der Waals surface area contributed by atoms with Gasteiger partial charge in [-0.3, -0.25) is 4.90 Å². The Morgan fingerprint density at radius 3 is 2.19 bits per heavy atom. The molecule has 3 rings (SSSR count). The minimum atomic E-state index is -1.26. The van der Waals surface area contributed by atoms with Crippen LogP contribution in [0.1, 0.15) is 17.5 Å². The fourth-order valence-corrected chi connectivity index (χ4v) is 3.90. The summed E-state index contributed by atoms with van der Waals surface area (Å²) in [4.78, 5) is 37.2. The van der Waals surface area contributed by atoms with Crippen molar-refractivity contribution in [3.05, 3.63) is 41.0 Å². The van der Waals surface area contributed by atoms with Gasteiger partial charge in [-0.25, -0.2) is 14.4 Å². The molecule has 1 fully saturated rings. The van der Waals surface area contributed by atoms with Crippen molar-refractivity contribution in [2.75, 3.05) is 19.7 Å². The molecule has 2 heterocycles. The third-order valence-corrected chi connectivity index (χ3v) is 5.08. The van der Waals surface area contributed by atoms with Gasteiger partial charge >= 0.3 is 18.2 Å². The number of aliphatic hydroxyl groups is 1. The van der Waals surface area contributed by atoms with E-state index in [9.17, 15) is 29.7 Å². The van der Waals surface area contributed by atoms with Crippen molar-refractivity contribution in [2.45, 2.75) is 24.9 Å². The number of carboxylic acid groups (broad SMARTS) is 3. The van der Waals surface area contributed by atoms with Gasteiger partial charge < -0.3 is 25.3 Å². The molecule has 1 saturated heterocycles. The smallest absolute Gasteiger partial charge is 0.408 e. The zero-order valence-corrected chi connectivity index (χ0v) is 14.4. The predicted molar refractivity (Wildman–Crippen MR) is 93.4 cm³/mol. The summed E-state index contributed by atoms with van der Waals surface area (Å²) in [7, 11) is 0. The van der Waals surface area contributed by atoms with Crippen LogP contribution in [0, 0.1) is 0 Å². The largest absolute Gasteiger partial charge is 0.478 e. The number of piperazine rings is 1. The first-order valence-corrected chi connectivity index (χ1v) is 8.49. The fourth-order valence-electron chi connectivity index (χ4n) is 3.90. The second-order valence-corrected chi connectivity index (χ2v) is 6.62. The number of nitrogens with zero attached hydrogens (tertiary/aromatic N) is 2. The Labute approximate surface area is 154 Å². The number of aliphatic carboxylic acids is 1. The van der Waals surface area contributed by atoms with E-state index in [1.54, 1.807) is 24.3 Å². The van der Waals surface area contributed by atoms with Gasteiger partial charge in [0.05, 0.1) is 17.7 Å². The van der Waals surface area contributed by atoms with Crippen molar-refractivity contribution >= 4 is 23.7 Å². The highest BCUT2D eigenvalue weighted by Crippen LogP contribution is 2.38. The molecule has 0 spiro atoms. The lowest BCUT2D eigenvalue weighted by molar-refractivity contribution is -0.133. The number of benzene rings is 1. The Morgan fingerprint density at radius 2 is 1.67 bits per heavy atom. The lowest BCUT2D eigenvalue weighted by Gasteiger charge is -2.48. The SMILES string of the molecule is O=C(O)C1=C(c2ccc(CCO)cc2)C[C@@H]2CN(C(=O)O)C[C@H]1N2C(=O)O. The molecule has 2 aliphatic heterocycles. The molecule has 1 aromatic carbocycles. The lowest BCUT2D eigenvalue weighted by Crippen LogP contribution is -2.64. The van der Waals surface area contributed by atoms with Gasteiger partial charge in [-0.1, -0.05) is 24.3 Å². The fraction of sp³-hybridized carbons (Fsp3) is 0.389. The summed E-state index contributed by atoms with van der Waals surface area (Å²) in [5.74, 6) is -1.26. The van der Waals surface area contributed by atoms with Crippen molar-refractivity contribution in [3.63, 3.8) is 0 Å². The minimum Gasteiger partial charge on any atom is -0.478 e. The van der Waals surface area contributed by atoms with Gasteiger partial charge in [-0.2, -0.15) is 0 Å². The monoisotopic (exact) mass is 376 g/mol. The van der Waals surface area contributed by atoms with Crippen LogP contribution < -0.4 is 0 Å². The molecule has 2 atom stereocenters. The van der Waals surface area contributed by atoms with E-state index < -0.39 is 30.2 Å². The summed E-state index contributed by atoms with van der Waals surface area (Å²) in [5, 5.41) is 37.6. The molecule has 27 heavy (non-hydrogen) atoms. The third kappa shape index (κ3) is 3.45. The van der Waals surface area contributed by atoms with E-state index >= 15 is 0 Å². The number of hydrogen-bond acceptors (Lipinski definition) is 4. The number of hydrogen-bond donors (Lipinski definition) is 4. The van der Waals surface area contributed by atoms with Crippen molar-refractivity contribution in [1.82, 2.24) is 9.80 Å². The molecule has 9 nitrogen and oxygen atoms in total. The highest BCUT2D eigenvalue weighted by atomic mass is 16.4. The number of carbonyl (C=O) groups is 3. The Bertz CT molecular complexity index is 802. The van der Waals surface area contributed by atoms with Crippen LogP contribution in [0.4, 0.5) is 9.59 Å². The van der Waals surface area contributed by atoms with Gasteiger partial charge in [0.15, 0.2) is 0 Å². The zero-order chi connectivity index (χ0) is 19.7. The van der Waals surface area contributed by atoms with E-state index in [0.717, 1.165) is 15.4 Å². The molecule has 0 aromatic heterocycles. The maximum Gasteiger partial charge on any atom is 0.408 e. The summed E-state index contributed by atoms with van der Waals surface area (Å²) in [5.41, 5.74) is 2.00.